The molecule has 0 bridgehead atoms. The van der Waals surface area contributed by atoms with Gasteiger partial charge in [0.05, 0.1) is 6.04 Å². The van der Waals surface area contributed by atoms with E-state index in [0.717, 1.165) is 36.8 Å². The SMILES string of the molecule is Cc1nccc(N2CCC[C@H]2c2ccnc3nccn23)n1. The van der Waals surface area contributed by atoms with Gasteiger partial charge < -0.3 is 4.90 Å². The molecule has 0 aliphatic carbocycles. The quantitative estimate of drug-likeness (QED) is 0.720. The van der Waals surface area contributed by atoms with E-state index in [4.69, 9.17) is 0 Å². The van der Waals surface area contributed by atoms with Crippen molar-refractivity contribution in [2.75, 3.05) is 11.4 Å². The molecule has 0 saturated carbocycles. The first-order valence-electron chi connectivity index (χ1n) is 7.17. The Kier molecular flexibility index (Phi) is 2.80. The largest absolute Gasteiger partial charge is 0.348 e. The number of hydrogen-bond acceptors (Lipinski definition) is 5. The van der Waals surface area contributed by atoms with Gasteiger partial charge in [-0.2, -0.15) is 0 Å². The lowest BCUT2D eigenvalue weighted by Crippen LogP contribution is -2.25. The van der Waals surface area contributed by atoms with Crippen molar-refractivity contribution in [1.82, 2.24) is 24.3 Å². The van der Waals surface area contributed by atoms with Gasteiger partial charge in [0.25, 0.3) is 0 Å². The Labute approximate surface area is 122 Å². The molecule has 0 radical (unpaired) electrons. The number of imidazole rings is 1. The predicted octanol–water partition coefficient (Wildman–Crippen LogP) is 2.17. The third kappa shape index (κ3) is 2.03. The molecule has 6 heteroatoms. The van der Waals surface area contributed by atoms with Gasteiger partial charge in [-0.25, -0.2) is 19.9 Å². The normalized spacial score (nSPS) is 18.5. The Morgan fingerprint density at radius 1 is 1.10 bits per heavy atom. The summed E-state index contributed by atoms with van der Waals surface area (Å²) in [6.45, 7) is 2.94. The molecular weight excluding hydrogens is 264 g/mol. The molecule has 0 N–H and O–H groups in total. The maximum atomic E-state index is 4.57. The zero-order chi connectivity index (χ0) is 14.2. The van der Waals surface area contributed by atoms with E-state index in [9.17, 15) is 0 Å². The van der Waals surface area contributed by atoms with Crippen LogP contribution in [0.1, 0.15) is 30.4 Å². The summed E-state index contributed by atoms with van der Waals surface area (Å²) in [4.78, 5) is 19.7. The number of rotatable bonds is 2. The molecule has 4 heterocycles. The van der Waals surface area contributed by atoms with Gasteiger partial charge in [0, 0.05) is 37.0 Å². The number of fused-ring (bicyclic) bond motifs is 1. The van der Waals surface area contributed by atoms with Gasteiger partial charge >= 0.3 is 0 Å². The molecule has 0 spiro atoms. The third-order valence-electron chi connectivity index (χ3n) is 3.98. The molecule has 6 nitrogen and oxygen atoms in total. The van der Waals surface area contributed by atoms with Crippen LogP contribution in [0.25, 0.3) is 5.78 Å². The molecule has 1 aliphatic heterocycles. The lowest BCUT2D eigenvalue weighted by atomic mass is 10.1. The minimum absolute atomic E-state index is 0.305. The van der Waals surface area contributed by atoms with Crippen molar-refractivity contribution in [3.8, 4) is 0 Å². The summed E-state index contributed by atoms with van der Waals surface area (Å²) < 4.78 is 2.07. The van der Waals surface area contributed by atoms with E-state index in [1.165, 1.54) is 5.69 Å². The molecule has 0 unspecified atom stereocenters. The van der Waals surface area contributed by atoms with Crippen molar-refractivity contribution in [3.63, 3.8) is 0 Å². The summed E-state index contributed by atoms with van der Waals surface area (Å²) in [6, 6.07) is 4.36. The van der Waals surface area contributed by atoms with E-state index in [-0.39, 0.29) is 0 Å². The summed E-state index contributed by atoms with van der Waals surface area (Å²) in [6.07, 6.45) is 9.69. The van der Waals surface area contributed by atoms with Crippen molar-refractivity contribution in [2.45, 2.75) is 25.8 Å². The monoisotopic (exact) mass is 280 g/mol. The van der Waals surface area contributed by atoms with Crippen molar-refractivity contribution in [2.24, 2.45) is 0 Å². The molecule has 3 aromatic rings. The molecule has 1 saturated heterocycles. The second-order valence-corrected chi connectivity index (χ2v) is 5.28. The van der Waals surface area contributed by atoms with Crippen LogP contribution in [0.3, 0.4) is 0 Å². The zero-order valence-corrected chi connectivity index (χ0v) is 11.8. The molecule has 1 atom stereocenters. The molecule has 0 aromatic carbocycles. The number of aryl methyl sites for hydroxylation is 1. The van der Waals surface area contributed by atoms with Crippen LogP contribution in [0.5, 0.6) is 0 Å². The van der Waals surface area contributed by atoms with Crippen LogP contribution in [0, 0.1) is 6.92 Å². The molecule has 21 heavy (non-hydrogen) atoms. The number of nitrogens with zero attached hydrogens (tertiary/aromatic N) is 6. The third-order valence-corrected chi connectivity index (χ3v) is 3.98. The van der Waals surface area contributed by atoms with Gasteiger partial charge in [0.2, 0.25) is 5.78 Å². The topological polar surface area (TPSA) is 59.2 Å². The maximum Gasteiger partial charge on any atom is 0.233 e. The highest BCUT2D eigenvalue weighted by molar-refractivity contribution is 5.43. The Hall–Kier alpha value is -2.50. The van der Waals surface area contributed by atoms with Crippen LogP contribution in [0.4, 0.5) is 5.82 Å². The highest BCUT2D eigenvalue weighted by Gasteiger charge is 2.29. The van der Waals surface area contributed by atoms with Gasteiger partial charge in [-0.15, -0.1) is 0 Å². The molecule has 1 fully saturated rings. The van der Waals surface area contributed by atoms with Crippen molar-refractivity contribution in [1.29, 1.82) is 0 Å². The van der Waals surface area contributed by atoms with E-state index < -0.39 is 0 Å². The second kappa shape index (κ2) is 4.80. The van der Waals surface area contributed by atoms with E-state index in [1.54, 1.807) is 6.20 Å². The molecule has 4 rings (SSSR count). The van der Waals surface area contributed by atoms with E-state index in [1.807, 2.05) is 31.6 Å². The Morgan fingerprint density at radius 2 is 1.95 bits per heavy atom. The number of aromatic nitrogens is 5. The highest BCUT2D eigenvalue weighted by Crippen LogP contribution is 2.34. The summed E-state index contributed by atoms with van der Waals surface area (Å²) in [5.41, 5.74) is 1.21. The second-order valence-electron chi connectivity index (χ2n) is 5.28. The lowest BCUT2D eigenvalue weighted by Gasteiger charge is -2.26. The molecule has 0 amide bonds. The fraction of sp³-hybridized carbons (Fsp3) is 0.333. The lowest BCUT2D eigenvalue weighted by molar-refractivity contribution is 0.672. The van der Waals surface area contributed by atoms with Crippen LogP contribution < -0.4 is 4.90 Å². The number of hydrogen-bond donors (Lipinski definition) is 0. The first-order chi connectivity index (χ1) is 10.3. The fourth-order valence-corrected chi connectivity index (χ4v) is 3.08. The van der Waals surface area contributed by atoms with Gasteiger partial charge in [0.1, 0.15) is 11.6 Å². The maximum absolute atomic E-state index is 4.57. The molecule has 106 valence electrons. The van der Waals surface area contributed by atoms with Crippen LogP contribution in [0.2, 0.25) is 0 Å². The smallest absolute Gasteiger partial charge is 0.233 e. The Bertz CT molecular complexity index is 780. The summed E-state index contributed by atoms with van der Waals surface area (Å²) in [5, 5.41) is 0. The van der Waals surface area contributed by atoms with Gasteiger partial charge in [0.15, 0.2) is 0 Å². The summed E-state index contributed by atoms with van der Waals surface area (Å²) in [5.74, 6) is 2.55. The molecule has 1 aliphatic rings. The van der Waals surface area contributed by atoms with E-state index in [0.29, 0.717) is 6.04 Å². The standard InChI is InChI=1S/C15H16N6/c1-11-16-7-5-14(19-11)20-9-2-3-12(20)13-4-6-17-15-18-8-10-21(13)15/h4-8,10,12H,2-3,9H2,1H3/t12-/m0/s1. The zero-order valence-electron chi connectivity index (χ0n) is 11.8. The van der Waals surface area contributed by atoms with Crippen molar-refractivity contribution in [3.05, 3.63) is 48.4 Å². The van der Waals surface area contributed by atoms with Crippen LogP contribution >= 0.6 is 0 Å². The minimum Gasteiger partial charge on any atom is -0.348 e. The fourth-order valence-electron chi connectivity index (χ4n) is 3.08. The molecule has 3 aromatic heterocycles. The minimum atomic E-state index is 0.305. The highest BCUT2D eigenvalue weighted by atomic mass is 15.3. The van der Waals surface area contributed by atoms with Gasteiger partial charge in [-0.05, 0) is 31.9 Å². The van der Waals surface area contributed by atoms with E-state index in [2.05, 4.69) is 35.3 Å². The van der Waals surface area contributed by atoms with Crippen molar-refractivity contribution < 1.29 is 0 Å². The number of anilines is 1. The first kappa shape index (κ1) is 12.3. The van der Waals surface area contributed by atoms with Crippen LogP contribution in [0.15, 0.2) is 36.9 Å². The van der Waals surface area contributed by atoms with Gasteiger partial charge in [-0.3, -0.25) is 4.40 Å². The summed E-state index contributed by atoms with van der Waals surface area (Å²) in [7, 11) is 0. The van der Waals surface area contributed by atoms with Crippen LogP contribution in [-0.4, -0.2) is 30.9 Å². The average molecular weight is 280 g/mol. The van der Waals surface area contributed by atoms with Gasteiger partial charge in [-0.1, -0.05) is 0 Å². The Balaban J connectivity index is 1.78. The summed E-state index contributed by atoms with van der Waals surface area (Å²) >= 11 is 0. The predicted molar refractivity (Wildman–Crippen MR) is 79.1 cm³/mol. The Morgan fingerprint density at radius 3 is 2.86 bits per heavy atom. The first-order valence-corrected chi connectivity index (χ1v) is 7.17. The van der Waals surface area contributed by atoms with Crippen LogP contribution in [-0.2, 0) is 0 Å². The molecular formula is C15H16N6. The van der Waals surface area contributed by atoms with Crippen molar-refractivity contribution >= 4 is 11.6 Å². The van der Waals surface area contributed by atoms with E-state index >= 15 is 0 Å². The average Bonchev–Trinajstić information content (AvgIpc) is 3.16.